The molecule has 0 amide bonds. The van der Waals surface area contributed by atoms with Gasteiger partial charge in [-0.1, -0.05) is 83.5 Å². The molecule has 1 aliphatic heterocycles. The highest BCUT2D eigenvalue weighted by atomic mass is 79.9. The Labute approximate surface area is 179 Å². The van der Waals surface area contributed by atoms with Crippen LogP contribution in [0.4, 0.5) is 5.69 Å². The second-order valence-electron chi connectivity index (χ2n) is 7.15. The van der Waals surface area contributed by atoms with Gasteiger partial charge in [0.15, 0.2) is 0 Å². The number of rotatable bonds is 5. The molecule has 144 valence electrons. The van der Waals surface area contributed by atoms with E-state index in [2.05, 4.69) is 58.5 Å². The maximum atomic E-state index is 8.53. The highest BCUT2D eigenvalue weighted by Crippen LogP contribution is 2.27. The summed E-state index contributed by atoms with van der Waals surface area (Å²) < 4.78 is 0.993. The number of nitrogens with zero attached hydrogens (tertiary/aromatic N) is 1. The van der Waals surface area contributed by atoms with Gasteiger partial charge in [-0.15, -0.1) is 0 Å². The van der Waals surface area contributed by atoms with Crippen molar-refractivity contribution in [2.45, 2.75) is 13.3 Å². The van der Waals surface area contributed by atoms with Crippen LogP contribution in [0.2, 0.25) is 0 Å². The first kappa shape index (κ1) is 19.3. The van der Waals surface area contributed by atoms with E-state index in [1.54, 1.807) is 0 Å². The van der Waals surface area contributed by atoms with Crippen LogP contribution in [-0.4, -0.2) is 11.4 Å². The Morgan fingerprint density at radius 1 is 1.03 bits per heavy atom. The van der Waals surface area contributed by atoms with Gasteiger partial charge in [0, 0.05) is 32.9 Å². The summed E-state index contributed by atoms with van der Waals surface area (Å²) in [7, 11) is 0. The number of benzene rings is 3. The lowest BCUT2D eigenvalue weighted by Crippen LogP contribution is -2.16. The molecule has 0 fully saturated rings. The Morgan fingerprint density at radius 3 is 2.59 bits per heavy atom. The van der Waals surface area contributed by atoms with Crippen LogP contribution in [-0.2, 0) is 0 Å². The van der Waals surface area contributed by atoms with Gasteiger partial charge in [0.1, 0.15) is 5.82 Å². The first-order valence-electron chi connectivity index (χ1n) is 9.67. The Kier molecular flexibility index (Phi) is 5.72. The fourth-order valence-corrected chi connectivity index (χ4v) is 3.80. The van der Waals surface area contributed by atoms with Crippen LogP contribution < -0.4 is 5.32 Å². The van der Waals surface area contributed by atoms with E-state index in [1.807, 2.05) is 54.6 Å². The molecule has 4 rings (SSSR count). The molecule has 0 saturated heterocycles. The molecule has 0 saturated carbocycles. The van der Waals surface area contributed by atoms with Crippen LogP contribution in [0.15, 0.2) is 100 Å². The van der Waals surface area contributed by atoms with Crippen LogP contribution in [0.1, 0.15) is 30.0 Å². The second kappa shape index (κ2) is 8.58. The summed E-state index contributed by atoms with van der Waals surface area (Å²) >= 11 is 3.49. The molecule has 29 heavy (non-hydrogen) atoms. The van der Waals surface area contributed by atoms with Gasteiger partial charge in [-0.05, 0) is 36.3 Å². The molecule has 3 nitrogen and oxygen atoms in total. The molecule has 1 aliphatic rings. The quantitative estimate of drug-likeness (QED) is 0.426. The van der Waals surface area contributed by atoms with E-state index >= 15 is 0 Å². The summed E-state index contributed by atoms with van der Waals surface area (Å²) in [4.78, 5) is 4.90. The second-order valence-corrected chi connectivity index (χ2v) is 8.06. The lowest BCUT2D eigenvalue weighted by molar-refractivity contribution is 0.780. The third-order valence-electron chi connectivity index (χ3n) is 5.02. The van der Waals surface area contributed by atoms with Gasteiger partial charge in [0.25, 0.3) is 0 Å². The number of hydrogen-bond donors (Lipinski definition) is 2. The van der Waals surface area contributed by atoms with Crippen LogP contribution in [0.25, 0.3) is 0 Å². The standard InChI is InChI=1S/C25H22BrN3/c1-17(24(27)19-10-7-11-20(26)16-19)14-15-23-28-22-13-6-5-12-21(22)25(29-23)18-8-3-2-4-9-18/h2-13,15-17,27-28H,14H2,1H3/b23-15-,27-24?. The van der Waals surface area contributed by atoms with Gasteiger partial charge in [0.05, 0.1) is 5.71 Å². The average Bonchev–Trinajstić information content (AvgIpc) is 2.77. The SMILES string of the molecule is CC(C/C=C1\N=C(c2ccccc2)c2ccccc2N1)C(=N)c1cccc(Br)c1. The van der Waals surface area contributed by atoms with E-state index in [1.165, 1.54) is 0 Å². The lowest BCUT2D eigenvalue weighted by Gasteiger charge is -2.21. The van der Waals surface area contributed by atoms with Gasteiger partial charge in [-0.3, -0.25) is 0 Å². The number of fused-ring (bicyclic) bond motifs is 1. The van der Waals surface area contributed by atoms with Crippen LogP contribution >= 0.6 is 15.9 Å². The van der Waals surface area contributed by atoms with Crippen molar-refractivity contribution >= 4 is 33.0 Å². The molecule has 1 atom stereocenters. The molecule has 0 aromatic heterocycles. The minimum Gasteiger partial charge on any atom is -0.340 e. The lowest BCUT2D eigenvalue weighted by atomic mass is 9.95. The Bertz CT molecular complexity index is 1100. The first-order valence-corrected chi connectivity index (χ1v) is 10.5. The predicted molar refractivity (Wildman–Crippen MR) is 125 cm³/mol. The topological polar surface area (TPSA) is 48.2 Å². The molecular formula is C25H22BrN3. The van der Waals surface area contributed by atoms with Crippen LogP contribution in [0, 0.1) is 11.3 Å². The predicted octanol–water partition coefficient (Wildman–Crippen LogP) is 6.65. The van der Waals surface area contributed by atoms with Crippen molar-refractivity contribution in [3.8, 4) is 0 Å². The van der Waals surface area contributed by atoms with Crippen LogP contribution in [0.5, 0.6) is 0 Å². The van der Waals surface area contributed by atoms with E-state index in [0.717, 1.165) is 44.8 Å². The third kappa shape index (κ3) is 4.38. The summed E-state index contributed by atoms with van der Waals surface area (Å²) in [6.45, 7) is 2.08. The zero-order valence-electron chi connectivity index (χ0n) is 16.2. The maximum absolute atomic E-state index is 8.53. The molecule has 0 bridgehead atoms. The van der Waals surface area contributed by atoms with Crippen molar-refractivity contribution in [2.24, 2.45) is 10.9 Å². The minimum atomic E-state index is 0.0890. The number of nitrogens with one attached hydrogen (secondary N) is 2. The molecule has 0 radical (unpaired) electrons. The average molecular weight is 444 g/mol. The zero-order valence-corrected chi connectivity index (χ0v) is 17.8. The Hall–Kier alpha value is -2.98. The monoisotopic (exact) mass is 443 g/mol. The molecule has 1 unspecified atom stereocenters. The normalized spacial score (nSPS) is 15.2. The van der Waals surface area contributed by atoms with Crippen molar-refractivity contribution in [2.75, 3.05) is 5.32 Å². The molecule has 0 spiro atoms. The third-order valence-corrected chi connectivity index (χ3v) is 5.51. The number of hydrogen-bond acceptors (Lipinski definition) is 3. The Morgan fingerprint density at radius 2 is 1.79 bits per heavy atom. The van der Waals surface area contributed by atoms with Gasteiger partial charge >= 0.3 is 0 Å². The molecule has 3 aromatic carbocycles. The number of aliphatic imine (C=N–C) groups is 1. The summed E-state index contributed by atoms with van der Waals surface area (Å²) in [5.74, 6) is 0.919. The Balaban J connectivity index is 1.60. The maximum Gasteiger partial charge on any atom is 0.127 e. The van der Waals surface area contributed by atoms with E-state index in [0.29, 0.717) is 5.71 Å². The highest BCUT2D eigenvalue weighted by molar-refractivity contribution is 9.10. The van der Waals surface area contributed by atoms with Gasteiger partial charge in [-0.25, -0.2) is 4.99 Å². The molecule has 1 heterocycles. The zero-order chi connectivity index (χ0) is 20.2. The molecule has 4 heteroatoms. The van der Waals surface area contributed by atoms with Gasteiger partial charge in [0.2, 0.25) is 0 Å². The number of allylic oxidation sites excluding steroid dienone is 1. The van der Waals surface area contributed by atoms with Crippen molar-refractivity contribution in [1.82, 2.24) is 0 Å². The van der Waals surface area contributed by atoms with Crippen molar-refractivity contribution < 1.29 is 0 Å². The summed E-state index contributed by atoms with van der Waals surface area (Å²) in [5.41, 5.74) is 5.81. The van der Waals surface area contributed by atoms with Gasteiger partial charge in [-0.2, -0.15) is 0 Å². The molecule has 0 aliphatic carbocycles. The van der Waals surface area contributed by atoms with E-state index in [4.69, 9.17) is 10.4 Å². The smallest absolute Gasteiger partial charge is 0.127 e. The summed E-state index contributed by atoms with van der Waals surface area (Å²) in [6, 6.07) is 26.4. The molecular weight excluding hydrogens is 422 g/mol. The van der Waals surface area contributed by atoms with E-state index in [9.17, 15) is 0 Å². The highest BCUT2D eigenvalue weighted by Gasteiger charge is 2.18. The minimum absolute atomic E-state index is 0.0890. The largest absolute Gasteiger partial charge is 0.340 e. The first-order chi connectivity index (χ1) is 14.1. The van der Waals surface area contributed by atoms with E-state index < -0.39 is 0 Å². The fourth-order valence-electron chi connectivity index (χ4n) is 3.40. The van der Waals surface area contributed by atoms with Gasteiger partial charge < -0.3 is 10.7 Å². The van der Waals surface area contributed by atoms with Crippen LogP contribution in [0.3, 0.4) is 0 Å². The molecule has 3 aromatic rings. The molecule has 2 N–H and O–H groups in total. The van der Waals surface area contributed by atoms with Crippen molar-refractivity contribution in [3.63, 3.8) is 0 Å². The van der Waals surface area contributed by atoms with E-state index in [-0.39, 0.29) is 5.92 Å². The number of anilines is 1. The fraction of sp³-hybridized carbons (Fsp3) is 0.120. The van der Waals surface area contributed by atoms with Crippen molar-refractivity contribution in [3.05, 3.63) is 112 Å². The van der Waals surface area contributed by atoms with Crippen molar-refractivity contribution in [1.29, 1.82) is 5.41 Å². The summed E-state index contributed by atoms with van der Waals surface area (Å²) in [6.07, 6.45) is 2.83. The number of halogens is 1. The number of para-hydroxylation sites is 1. The summed E-state index contributed by atoms with van der Waals surface area (Å²) in [5, 5.41) is 12.0.